The molecule has 4 heterocycles. The van der Waals surface area contributed by atoms with Gasteiger partial charge in [0.25, 0.3) is 0 Å². The van der Waals surface area contributed by atoms with Crippen molar-refractivity contribution in [2.75, 3.05) is 27.4 Å². The Balaban J connectivity index is 1.13. The number of H-pyrrole nitrogens is 2. The number of likely N-dealkylation sites (tertiary alicyclic amines) is 2. The largest absolute Gasteiger partial charge is 0.453 e. The zero-order valence-electron chi connectivity index (χ0n) is 32.5. The molecule has 13 heteroatoms. The minimum atomic E-state index is -0.698. The summed E-state index contributed by atoms with van der Waals surface area (Å²) >= 11 is 0. The van der Waals surface area contributed by atoms with E-state index in [1.807, 2.05) is 58.8 Å². The van der Waals surface area contributed by atoms with E-state index < -0.39 is 17.7 Å². The summed E-state index contributed by atoms with van der Waals surface area (Å²) in [5, 5.41) is 2.72. The van der Waals surface area contributed by atoms with Crippen LogP contribution in [-0.2, 0) is 19.0 Å². The Morgan fingerprint density at radius 2 is 1.39 bits per heavy atom. The summed E-state index contributed by atoms with van der Waals surface area (Å²) in [6.07, 6.45) is 5.01. The molecule has 0 spiro atoms. The average Bonchev–Trinajstić information content (AvgIpc) is 3.96. The molecule has 3 N–H and O–H groups in total. The summed E-state index contributed by atoms with van der Waals surface area (Å²) in [5.41, 5.74) is 5.25. The zero-order chi connectivity index (χ0) is 38.7. The first-order chi connectivity index (χ1) is 25.8. The second kappa shape index (κ2) is 16.1. The molecule has 2 saturated heterocycles. The highest BCUT2D eigenvalue weighted by Gasteiger charge is 2.42. The normalized spacial score (nSPS) is 20.7. The number of aromatic amines is 2. The fraction of sp³-hybridized carbons (Fsp3) is 0.488. The summed E-state index contributed by atoms with van der Waals surface area (Å²) in [5.74, 6) is 1.40. The number of carbonyl (C=O) groups excluding carboxylic acids is 3. The standard InChI is InChI=1S/C41H53N7O6/c1-24(2)35(46-39(50)53-8)38(49)48-25(3)9-18-33(48)36-42-20-31(44-36)29-14-10-27(11-15-29)28-12-16-30(17-13-28)32-21-43-37(45-32)34-19-26(23-52-7)22-47(34)40(51)54-41(4,5)6/h10-17,20-21,24-26,33-35H,9,18-19,22-23H2,1-8H3,(H,42,44)(H,43,45)(H,46,50)/t25-,26-,33-,34-,35-/m0/s1. The molecule has 2 aliphatic heterocycles. The van der Waals surface area contributed by atoms with Crippen LogP contribution in [0.5, 0.6) is 0 Å². The summed E-state index contributed by atoms with van der Waals surface area (Å²) in [7, 11) is 2.97. The Morgan fingerprint density at radius 3 is 1.89 bits per heavy atom. The van der Waals surface area contributed by atoms with Gasteiger partial charge in [-0.1, -0.05) is 62.4 Å². The molecule has 5 atom stereocenters. The number of nitrogens with zero attached hydrogens (tertiary/aromatic N) is 4. The van der Waals surface area contributed by atoms with Crippen molar-refractivity contribution in [2.24, 2.45) is 11.8 Å². The van der Waals surface area contributed by atoms with Crippen molar-refractivity contribution in [1.82, 2.24) is 35.1 Å². The maximum atomic E-state index is 13.7. The first kappa shape index (κ1) is 38.6. The minimum Gasteiger partial charge on any atom is -0.453 e. The van der Waals surface area contributed by atoms with E-state index in [2.05, 4.69) is 63.8 Å². The van der Waals surface area contributed by atoms with E-state index in [1.54, 1.807) is 12.0 Å². The van der Waals surface area contributed by atoms with Crippen molar-refractivity contribution in [1.29, 1.82) is 0 Å². The van der Waals surface area contributed by atoms with Crippen molar-refractivity contribution in [2.45, 2.75) is 90.6 Å². The van der Waals surface area contributed by atoms with Gasteiger partial charge >= 0.3 is 12.2 Å². The molecule has 4 aromatic rings. The monoisotopic (exact) mass is 739 g/mol. The smallest absolute Gasteiger partial charge is 0.410 e. The number of imidazole rings is 2. The first-order valence-corrected chi connectivity index (χ1v) is 18.7. The number of ether oxygens (including phenoxy) is 3. The lowest BCUT2D eigenvalue weighted by molar-refractivity contribution is -0.137. The van der Waals surface area contributed by atoms with Gasteiger partial charge in [-0.25, -0.2) is 19.6 Å². The van der Waals surface area contributed by atoms with Crippen LogP contribution >= 0.6 is 0 Å². The first-order valence-electron chi connectivity index (χ1n) is 18.7. The van der Waals surface area contributed by atoms with Gasteiger partial charge in [-0.15, -0.1) is 0 Å². The molecule has 13 nitrogen and oxygen atoms in total. The van der Waals surface area contributed by atoms with Crippen molar-refractivity contribution in [3.8, 4) is 33.6 Å². The predicted molar refractivity (Wildman–Crippen MR) is 205 cm³/mol. The fourth-order valence-corrected chi connectivity index (χ4v) is 7.53. The molecule has 54 heavy (non-hydrogen) atoms. The Kier molecular flexibility index (Phi) is 11.5. The molecule has 0 unspecified atom stereocenters. The molecule has 0 radical (unpaired) electrons. The number of benzene rings is 2. The fourth-order valence-electron chi connectivity index (χ4n) is 7.53. The number of nitrogens with one attached hydrogen (secondary N) is 3. The van der Waals surface area contributed by atoms with Crippen LogP contribution in [0.2, 0.25) is 0 Å². The van der Waals surface area contributed by atoms with E-state index in [4.69, 9.17) is 24.2 Å². The van der Waals surface area contributed by atoms with Gasteiger partial charge in [0.2, 0.25) is 5.91 Å². The number of carbonyl (C=O) groups is 3. The van der Waals surface area contributed by atoms with Gasteiger partial charge in [-0.2, -0.15) is 0 Å². The second-order valence-electron chi connectivity index (χ2n) is 15.8. The molecule has 6 rings (SSSR count). The van der Waals surface area contributed by atoms with Crippen molar-refractivity contribution in [3.05, 3.63) is 72.6 Å². The SMILES string of the molecule is COC[C@H]1C[C@@H](c2ncc(-c3ccc(-c4ccc(-c5cnc([C@@H]6CC[C@H](C)N6C(=O)[C@@H](NC(=O)OC)C(C)C)[nH]5)cc4)cc3)[nH]2)N(C(=O)OC(C)(C)C)C1. The quantitative estimate of drug-likeness (QED) is 0.151. The Bertz CT molecular complexity index is 1910. The van der Waals surface area contributed by atoms with E-state index >= 15 is 0 Å². The summed E-state index contributed by atoms with van der Waals surface area (Å²) < 4.78 is 15.9. The molecular formula is C41H53N7O6. The molecule has 2 fully saturated rings. The lowest BCUT2D eigenvalue weighted by atomic mass is 10.0. The Hall–Kier alpha value is -5.17. The van der Waals surface area contributed by atoms with Crippen LogP contribution < -0.4 is 5.32 Å². The van der Waals surface area contributed by atoms with Crippen LogP contribution in [0.25, 0.3) is 33.6 Å². The van der Waals surface area contributed by atoms with Gasteiger partial charge in [0.05, 0.1) is 49.6 Å². The number of amides is 3. The lowest BCUT2D eigenvalue weighted by Gasteiger charge is -2.32. The van der Waals surface area contributed by atoms with E-state index in [0.717, 1.165) is 64.6 Å². The van der Waals surface area contributed by atoms with Crippen LogP contribution in [-0.4, -0.2) is 92.9 Å². The van der Waals surface area contributed by atoms with Gasteiger partial charge in [-0.3, -0.25) is 9.69 Å². The van der Waals surface area contributed by atoms with E-state index in [-0.39, 0.29) is 42.0 Å². The summed E-state index contributed by atoms with van der Waals surface area (Å²) in [6.45, 7) is 12.6. The molecule has 2 aromatic heterocycles. The van der Waals surface area contributed by atoms with Crippen molar-refractivity contribution >= 4 is 18.1 Å². The van der Waals surface area contributed by atoms with Crippen LogP contribution in [0.15, 0.2) is 60.9 Å². The van der Waals surface area contributed by atoms with Crippen LogP contribution in [0.1, 0.15) is 84.5 Å². The highest BCUT2D eigenvalue weighted by Crippen LogP contribution is 2.38. The third kappa shape index (κ3) is 8.46. The molecule has 2 aromatic carbocycles. The van der Waals surface area contributed by atoms with Gasteiger partial charge < -0.3 is 34.4 Å². The third-order valence-electron chi connectivity index (χ3n) is 10.3. The third-order valence-corrected chi connectivity index (χ3v) is 10.3. The van der Waals surface area contributed by atoms with Gasteiger partial charge in [0.1, 0.15) is 23.3 Å². The number of aromatic nitrogens is 4. The predicted octanol–water partition coefficient (Wildman–Crippen LogP) is 7.51. The Labute approximate surface area is 317 Å². The Morgan fingerprint density at radius 1 is 0.852 bits per heavy atom. The van der Waals surface area contributed by atoms with Gasteiger partial charge in [-0.05, 0) is 75.1 Å². The summed E-state index contributed by atoms with van der Waals surface area (Å²) in [6, 6.07) is 15.5. The number of methoxy groups -OCH3 is 2. The number of rotatable bonds is 10. The van der Waals surface area contributed by atoms with Crippen molar-refractivity contribution in [3.63, 3.8) is 0 Å². The number of alkyl carbamates (subject to hydrolysis) is 1. The molecule has 0 saturated carbocycles. The number of hydrogen-bond acceptors (Lipinski definition) is 8. The molecule has 2 aliphatic rings. The molecule has 288 valence electrons. The lowest BCUT2D eigenvalue weighted by Crippen LogP contribution is -2.52. The maximum absolute atomic E-state index is 13.7. The van der Waals surface area contributed by atoms with Gasteiger partial charge in [0, 0.05) is 25.6 Å². The highest BCUT2D eigenvalue weighted by molar-refractivity contribution is 5.86. The zero-order valence-corrected chi connectivity index (χ0v) is 32.5. The van der Waals surface area contributed by atoms with E-state index in [9.17, 15) is 14.4 Å². The van der Waals surface area contributed by atoms with Gasteiger partial charge in [0.15, 0.2) is 0 Å². The van der Waals surface area contributed by atoms with E-state index in [0.29, 0.717) is 13.2 Å². The van der Waals surface area contributed by atoms with Crippen LogP contribution in [0, 0.1) is 11.8 Å². The van der Waals surface area contributed by atoms with Crippen LogP contribution in [0.4, 0.5) is 9.59 Å². The molecule has 0 bridgehead atoms. The molecule has 0 aliphatic carbocycles. The van der Waals surface area contributed by atoms with Crippen molar-refractivity contribution < 1.29 is 28.6 Å². The van der Waals surface area contributed by atoms with E-state index in [1.165, 1.54) is 7.11 Å². The van der Waals surface area contributed by atoms with Crippen LogP contribution in [0.3, 0.4) is 0 Å². The second-order valence-corrected chi connectivity index (χ2v) is 15.8. The highest BCUT2D eigenvalue weighted by atomic mass is 16.6. The summed E-state index contributed by atoms with van der Waals surface area (Å²) in [4.78, 5) is 58.8. The maximum Gasteiger partial charge on any atom is 0.410 e. The molecule has 3 amide bonds. The topological polar surface area (TPSA) is 155 Å². The average molecular weight is 740 g/mol. The molecular weight excluding hydrogens is 686 g/mol. The minimum absolute atomic E-state index is 0.00778. The number of hydrogen-bond donors (Lipinski definition) is 3.